The third kappa shape index (κ3) is 2.88. The van der Waals surface area contributed by atoms with Gasteiger partial charge >= 0.3 is 0 Å². The van der Waals surface area contributed by atoms with E-state index in [0.29, 0.717) is 5.92 Å². The predicted molar refractivity (Wildman–Crippen MR) is 80.8 cm³/mol. The number of hydrogen-bond acceptors (Lipinski definition) is 5. The summed E-state index contributed by atoms with van der Waals surface area (Å²) >= 11 is 0. The van der Waals surface area contributed by atoms with E-state index in [0.717, 1.165) is 43.2 Å². The Morgan fingerprint density at radius 3 is 2.85 bits per heavy atom. The van der Waals surface area contributed by atoms with Crippen LogP contribution in [0.1, 0.15) is 19.8 Å². The van der Waals surface area contributed by atoms with Crippen LogP contribution in [0.5, 0.6) is 0 Å². The summed E-state index contributed by atoms with van der Waals surface area (Å²) in [5, 5.41) is 12.0. The van der Waals surface area contributed by atoms with E-state index in [4.69, 9.17) is 0 Å². The molecule has 5 heteroatoms. The molecule has 20 heavy (non-hydrogen) atoms. The Morgan fingerprint density at radius 1 is 1.25 bits per heavy atom. The topological polar surface area (TPSA) is 53.9 Å². The highest BCUT2D eigenvalue weighted by molar-refractivity contribution is 5.74. The van der Waals surface area contributed by atoms with Crippen LogP contribution in [0.2, 0.25) is 0 Å². The second-order valence-electron chi connectivity index (χ2n) is 5.35. The van der Waals surface area contributed by atoms with Gasteiger partial charge < -0.3 is 10.2 Å². The maximum Gasteiger partial charge on any atom is 0.245 e. The van der Waals surface area contributed by atoms with Gasteiger partial charge in [0.15, 0.2) is 0 Å². The van der Waals surface area contributed by atoms with Gasteiger partial charge in [-0.15, -0.1) is 10.2 Å². The van der Waals surface area contributed by atoms with Crippen molar-refractivity contribution in [2.75, 3.05) is 31.1 Å². The molecule has 1 fully saturated rings. The van der Waals surface area contributed by atoms with Crippen LogP contribution in [0.25, 0.3) is 11.0 Å². The van der Waals surface area contributed by atoms with Crippen molar-refractivity contribution < 1.29 is 0 Å². The average molecular weight is 271 g/mol. The van der Waals surface area contributed by atoms with Crippen LogP contribution in [0, 0.1) is 5.92 Å². The van der Waals surface area contributed by atoms with Crippen LogP contribution in [0.4, 0.5) is 5.95 Å². The first-order chi connectivity index (χ1) is 9.86. The molecular weight excluding hydrogens is 250 g/mol. The highest BCUT2D eigenvalue weighted by Gasteiger charge is 2.18. The van der Waals surface area contributed by atoms with Gasteiger partial charge in [-0.25, -0.2) is 4.98 Å². The molecule has 106 valence electrons. The van der Waals surface area contributed by atoms with E-state index in [1.807, 2.05) is 24.3 Å². The van der Waals surface area contributed by atoms with Crippen LogP contribution in [-0.2, 0) is 0 Å². The van der Waals surface area contributed by atoms with Crippen LogP contribution < -0.4 is 10.2 Å². The van der Waals surface area contributed by atoms with Crippen molar-refractivity contribution >= 4 is 17.0 Å². The van der Waals surface area contributed by atoms with Gasteiger partial charge in [-0.05, 0) is 50.9 Å². The van der Waals surface area contributed by atoms with Gasteiger partial charge in [0.2, 0.25) is 5.95 Å². The predicted octanol–water partition coefficient (Wildman–Crippen LogP) is 1.85. The van der Waals surface area contributed by atoms with E-state index in [9.17, 15) is 0 Å². The summed E-state index contributed by atoms with van der Waals surface area (Å²) in [4.78, 5) is 6.88. The summed E-state index contributed by atoms with van der Waals surface area (Å²) in [6.07, 6.45) is 2.55. The summed E-state index contributed by atoms with van der Waals surface area (Å²) in [5.41, 5.74) is 1.77. The quantitative estimate of drug-likeness (QED) is 0.919. The minimum Gasteiger partial charge on any atom is -0.339 e. The second-order valence-corrected chi connectivity index (χ2v) is 5.35. The number of nitrogens with one attached hydrogen (secondary N) is 1. The monoisotopic (exact) mass is 271 g/mol. The van der Waals surface area contributed by atoms with Gasteiger partial charge in [0.25, 0.3) is 0 Å². The number of hydrogen-bond donors (Lipinski definition) is 1. The van der Waals surface area contributed by atoms with Crippen LogP contribution in [0.15, 0.2) is 24.3 Å². The fraction of sp³-hybridized carbons (Fsp3) is 0.533. The van der Waals surface area contributed by atoms with Gasteiger partial charge in [0, 0.05) is 13.1 Å². The maximum absolute atomic E-state index is 4.64. The Balaban J connectivity index is 1.79. The third-order valence-corrected chi connectivity index (χ3v) is 3.89. The summed E-state index contributed by atoms with van der Waals surface area (Å²) < 4.78 is 0. The Labute approximate surface area is 119 Å². The van der Waals surface area contributed by atoms with Crippen molar-refractivity contribution in [1.82, 2.24) is 20.5 Å². The maximum atomic E-state index is 4.64. The fourth-order valence-electron chi connectivity index (χ4n) is 2.75. The largest absolute Gasteiger partial charge is 0.339 e. The van der Waals surface area contributed by atoms with E-state index >= 15 is 0 Å². The minimum absolute atomic E-state index is 0.679. The highest BCUT2D eigenvalue weighted by Crippen LogP contribution is 2.17. The molecule has 0 aliphatic carbocycles. The zero-order chi connectivity index (χ0) is 13.8. The van der Waals surface area contributed by atoms with Gasteiger partial charge in [0.05, 0.1) is 5.52 Å². The average Bonchev–Trinajstić information content (AvgIpc) is 2.53. The lowest BCUT2D eigenvalue weighted by Gasteiger charge is -2.29. The first-order valence-electron chi connectivity index (χ1n) is 7.42. The fourth-order valence-corrected chi connectivity index (χ4v) is 2.75. The Hall–Kier alpha value is -1.75. The number of piperidine rings is 1. The number of fused-ring (bicyclic) bond motifs is 1. The molecule has 0 saturated carbocycles. The van der Waals surface area contributed by atoms with Crippen LogP contribution >= 0.6 is 0 Å². The smallest absolute Gasteiger partial charge is 0.245 e. The molecule has 5 nitrogen and oxygen atoms in total. The highest BCUT2D eigenvalue weighted by atomic mass is 15.3. The normalized spacial score (nSPS) is 19.1. The van der Waals surface area contributed by atoms with Crippen molar-refractivity contribution in [2.24, 2.45) is 5.92 Å². The summed E-state index contributed by atoms with van der Waals surface area (Å²) in [6, 6.07) is 7.88. The molecule has 1 aliphatic heterocycles. The van der Waals surface area contributed by atoms with E-state index in [1.165, 1.54) is 12.8 Å². The molecule has 2 heterocycles. The van der Waals surface area contributed by atoms with E-state index in [-0.39, 0.29) is 0 Å². The number of para-hydroxylation sites is 1. The van der Waals surface area contributed by atoms with Crippen molar-refractivity contribution in [1.29, 1.82) is 0 Å². The molecule has 1 N–H and O–H groups in total. The Morgan fingerprint density at radius 2 is 2.10 bits per heavy atom. The Kier molecular flexibility index (Phi) is 4.06. The zero-order valence-electron chi connectivity index (χ0n) is 11.9. The van der Waals surface area contributed by atoms with Crippen molar-refractivity contribution in [3.63, 3.8) is 0 Å². The Bertz CT molecular complexity index is 565. The molecule has 1 atom stereocenters. The molecule has 1 saturated heterocycles. The van der Waals surface area contributed by atoms with Crippen molar-refractivity contribution in [3.8, 4) is 0 Å². The summed E-state index contributed by atoms with van der Waals surface area (Å²) in [7, 11) is 0. The summed E-state index contributed by atoms with van der Waals surface area (Å²) in [5.74, 6) is 1.43. The molecule has 2 aromatic rings. The SMILES string of the molecule is CCN(CC1CCCNC1)c1nnc2ccccc2n1. The lowest BCUT2D eigenvalue weighted by atomic mass is 9.99. The molecule has 0 bridgehead atoms. The van der Waals surface area contributed by atoms with Crippen LogP contribution in [0.3, 0.4) is 0 Å². The number of anilines is 1. The molecule has 3 rings (SSSR count). The van der Waals surface area contributed by atoms with E-state index in [2.05, 4.69) is 32.3 Å². The molecule has 1 aliphatic rings. The molecule has 0 amide bonds. The van der Waals surface area contributed by atoms with Gasteiger partial charge in [-0.1, -0.05) is 12.1 Å². The van der Waals surface area contributed by atoms with Gasteiger partial charge in [0.1, 0.15) is 5.52 Å². The standard InChI is InChI=1S/C15H21N5/c1-2-20(11-12-6-5-9-16-10-12)15-17-13-7-3-4-8-14(13)18-19-15/h3-4,7-8,12,16H,2,5-6,9-11H2,1H3. The van der Waals surface area contributed by atoms with Crippen LogP contribution in [-0.4, -0.2) is 41.4 Å². The molecule has 1 unspecified atom stereocenters. The van der Waals surface area contributed by atoms with Crippen molar-refractivity contribution in [3.05, 3.63) is 24.3 Å². The lowest BCUT2D eigenvalue weighted by molar-refractivity contribution is 0.376. The van der Waals surface area contributed by atoms with E-state index < -0.39 is 0 Å². The van der Waals surface area contributed by atoms with Crippen molar-refractivity contribution in [2.45, 2.75) is 19.8 Å². The lowest BCUT2D eigenvalue weighted by Crippen LogP contribution is -2.39. The number of benzene rings is 1. The number of rotatable bonds is 4. The van der Waals surface area contributed by atoms with Gasteiger partial charge in [-0.3, -0.25) is 0 Å². The molecular formula is C15H21N5. The molecule has 0 spiro atoms. The number of nitrogens with zero attached hydrogens (tertiary/aromatic N) is 4. The van der Waals surface area contributed by atoms with Gasteiger partial charge in [-0.2, -0.15) is 0 Å². The first-order valence-corrected chi connectivity index (χ1v) is 7.42. The number of aromatic nitrogens is 3. The molecule has 1 aromatic heterocycles. The van der Waals surface area contributed by atoms with E-state index in [1.54, 1.807) is 0 Å². The third-order valence-electron chi connectivity index (χ3n) is 3.89. The first kappa shape index (κ1) is 13.2. The molecule has 0 radical (unpaired) electrons. The second kappa shape index (κ2) is 6.13. The molecule has 1 aromatic carbocycles. The minimum atomic E-state index is 0.679. The zero-order valence-corrected chi connectivity index (χ0v) is 11.9. The summed E-state index contributed by atoms with van der Waals surface area (Å²) in [6.45, 7) is 6.31.